The van der Waals surface area contributed by atoms with Crippen molar-refractivity contribution in [2.45, 2.75) is 17.9 Å². The highest BCUT2D eigenvalue weighted by Gasteiger charge is 2.27. The molecule has 33 heavy (non-hydrogen) atoms. The lowest BCUT2D eigenvalue weighted by Crippen LogP contribution is -2.40. The Morgan fingerprint density at radius 1 is 1.09 bits per heavy atom. The van der Waals surface area contributed by atoms with Crippen molar-refractivity contribution in [3.63, 3.8) is 0 Å². The molecule has 1 N–H and O–H groups in total. The zero-order chi connectivity index (χ0) is 23.8. The summed E-state index contributed by atoms with van der Waals surface area (Å²) in [6.07, 6.45) is -1.11. The Balaban J connectivity index is 1.53. The Bertz CT molecular complexity index is 1070. The number of benzene rings is 2. The van der Waals surface area contributed by atoms with E-state index < -0.39 is 28.0 Å². The van der Waals surface area contributed by atoms with Gasteiger partial charge in [-0.15, -0.1) is 0 Å². The van der Waals surface area contributed by atoms with E-state index in [-0.39, 0.29) is 30.3 Å². The quantitative estimate of drug-likeness (QED) is 0.541. The number of ether oxygens (including phenoxy) is 4. The minimum atomic E-state index is -3.71. The van der Waals surface area contributed by atoms with Gasteiger partial charge in [0.1, 0.15) is 11.5 Å². The second-order valence-electron chi connectivity index (χ2n) is 7.13. The molecule has 1 amide bonds. The number of carbonyl (C=O) groups is 2. The average molecular weight is 479 g/mol. The van der Waals surface area contributed by atoms with Crippen molar-refractivity contribution in [2.75, 3.05) is 45.3 Å². The van der Waals surface area contributed by atoms with Crippen molar-refractivity contribution in [2.24, 2.45) is 0 Å². The number of rotatable bonds is 9. The number of nitrogens with one attached hydrogen (secondary N) is 1. The first-order valence-corrected chi connectivity index (χ1v) is 11.7. The molecule has 1 aliphatic heterocycles. The SMILES string of the molecule is COc1ccc(OCC(=O)O[C@H](C)C(=O)Nc2cccc(S(=O)(=O)N3CCOCC3)c2)cc1. The number of anilines is 1. The van der Waals surface area contributed by atoms with Crippen molar-refractivity contribution in [3.8, 4) is 11.5 Å². The zero-order valence-corrected chi connectivity index (χ0v) is 19.2. The summed E-state index contributed by atoms with van der Waals surface area (Å²) < 4.78 is 47.6. The van der Waals surface area contributed by atoms with Crippen molar-refractivity contribution >= 4 is 27.6 Å². The van der Waals surface area contributed by atoms with Gasteiger partial charge in [-0.1, -0.05) is 6.07 Å². The first-order valence-electron chi connectivity index (χ1n) is 10.2. The molecule has 1 heterocycles. The summed E-state index contributed by atoms with van der Waals surface area (Å²) in [5.74, 6) is -0.231. The minimum Gasteiger partial charge on any atom is -0.497 e. The summed E-state index contributed by atoms with van der Waals surface area (Å²) in [4.78, 5) is 24.5. The maximum atomic E-state index is 12.8. The molecule has 0 aliphatic carbocycles. The van der Waals surface area contributed by atoms with Crippen LogP contribution in [-0.2, 0) is 29.1 Å². The van der Waals surface area contributed by atoms with Gasteiger partial charge in [0.2, 0.25) is 10.0 Å². The number of hydrogen-bond acceptors (Lipinski definition) is 8. The number of amides is 1. The highest BCUT2D eigenvalue weighted by atomic mass is 32.2. The van der Waals surface area contributed by atoms with E-state index in [1.807, 2.05) is 0 Å². The summed E-state index contributed by atoms with van der Waals surface area (Å²) >= 11 is 0. The Morgan fingerprint density at radius 2 is 1.76 bits per heavy atom. The lowest BCUT2D eigenvalue weighted by Gasteiger charge is -2.26. The molecule has 11 heteroatoms. The molecule has 0 saturated carbocycles. The molecular formula is C22H26N2O8S. The van der Waals surface area contributed by atoms with Crippen molar-refractivity contribution in [1.82, 2.24) is 4.31 Å². The minimum absolute atomic E-state index is 0.0553. The molecule has 178 valence electrons. The van der Waals surface area contributed by atoms with E-state index in [0.29, 0.717) is 24.7 Å². The smallest absolute Gasteiger partial charge is 0.344 e. The first-order chi connectivity index (χ1) is 15.8. The van der Waals surface area contributed by atoms with Crippen molar-refractivity contribution in [3.05, 3.63) is 48.5 Å². The monoisotopic (exact) mass is 478 g/mol. The van der Waals surface area contributed by atoms with E-state index in [9.17, 15) is 18.0 Å². The van der Waals surface area contributed by atoms with Gasteiger partial charge < -0.3 is 24.3 Å². The maximum Gasteiger partial charge on any atom is 0.344 e. The molecule has 0 aromatic heterocycles. The van der Waals surface area contributed by atoms with Crippen LogP contribution in [0.25, 0.3) is 0 Å². The molecule has 0 radical (unpaired) electrons. The highest BCUT2D eigenvalue weighted by molar-refractivity contribution is 7.89. The second kappa shape index (κ2) is 11.1. The lowest BCUT2D eigenvalue weighted by molar-refractivity contribution is -0.155. The molecule has 1 aliphatic rings. The topological polar surface area (TPSA) is 120 Å². The van der Waals surface area contributed by atoms with Gasteiger partial charge in [0.05, 0.1) is 25.2 Å². The van der Waals surface area contributed by atoms with Crippen LogP contribution in [0.5, 0.6) is 11.5 Å². The Hall–Kier alpha value is -3.15. The van der Waals surface area contributed by atoms with Crippen LogP contribution in [0.15, 0.2) is 53.4 Å². The molecule has 1 saturated heterocycles. The molecule has 2 aromatic rings. The molecular weight excluding hydrogens is 452 g/mol. The van der Waals surface area contributed by atoms with Gasteiger partial charge in [-0.2, -0.15) is 4.31 Å². The van der Waals surface area contributed by atoms with E-state index in [4.69, 9.17) is 18.9 Å². The molecule has 1 atom stereocenters. The number of sulfonamides is 1. The Morgan fingerprint density at radius 3 is 2.42 bits per heavy atom. The number of morpholine rings is 1. The third-order valence-electron chi connectivity index (χ3n) is 4.80. The number of esters is 1. The maximum absolute atomic E-state index is 12.8. The van der Waals surface area contributed by atoms with E-state index in [0.717, 1.165) is 0 Å². The summed E-state index contributed by atoms with van der Waals surface area (Å²) in [6.45, 7) is 2.24. The van der Waals surface area contributed by atoms with Crippen LogP contribution >= 0.6 is 0 Å². The summed E-state index contributed by atoms with van der Waals surface area (Å²) in [5.41, 5.74) is 0.270. The predicted molar refractivity (Wildman–Crippen MR) is 119 cm³/mol. The van der Waals surface area contributed by atoms with Crippen LogP contribution in [0, 0.1) is 0 Å². The summed E-state index contributed by atoms with van der Waals surface area (Å²) in [5, 5.41) is 2.57. The van der Waals surface area contributed by atoms with Gasteiger partial charge in [0.25, 0.3) is 5.91 Å². The van der Waals surface area contributed by atoms with Gasteiger partial charge in [-0.25, -0.2) is 13.2 Å². The van der Waals surface area contributed by atoms with E-state index in [2.05, 4.69) is 5.32 Å². The van der Waals surface area contributed by atoms with Crippen LogP contribution < -0.4 is 14.8 Å². The van der Waals surface area contributed by atoms with Crippen LogP contribution in [0.3, 0.4) is 0 Å². The first kappa shape index (κ1) is 24.5. The van der Waals surface area contributed by atoms with Gasteiger partial charge in [0.15, 0.2) is 12.7 Å². The van der Waals surface area contributed by atoms with Crippen LogP contribution in [-0.4, -0.2) is 70.7 Å². The molecule has 1 fully saturated rings. The van der Waals surface area contributed by atoms with Crippen molar-refractivity contribution in [1.29, 1.82) is 0 Å². The average Bonchev–Trinajstić information content (AvgIpc) is 2.83. The second-order valence-corrected chi connectivity index (χ2v) is 9.07. The number of hydrogen-bond donors (Lipinski definition) is 1. The van der Waals surface area contributed by atoms with Gasteiger partial charge >= 0.3 is 5.97 Å². The normalized spacial score (nSPS) is 15.3. The zero-order valence-electron chi connectivity index (χ0n) is 18.4. The fourth-order valence-electron chi connectivity index (χ4n) is 3.01. The third-order valence-corrected chi connectivity index (χ3v) is 6.70. The highest BCUT2D eigenvalue weighted by Crippen LogP contribution is 2.21. The van der Waals surface area contributed by atoms with Gasteiger partial charge in [0, 0.05) is 18.8 Å². The van der Waals surface area contributed by atoms with Crippen LogP contribution in [0.4, 0.5) is 5.69 Å². The van der Waals surface area contributed by atoms with Crippen LogP contribution in [0.2, 0.25) is 0 Å². The number of methoxy groups -OCH3 is 1. The number of carbonyl (C=O) groups excluding carboxylic acids is 2. The van der Waals surface area contributed by atoms with Gasteiger partial charge in [-0.3, -0.25) is 4.79 Å². The molecule has 3 rings (SSSR count). The van der Waals surface area contributed by atoms with Crippen LogP contribution in [0.1, 0.15) is 6.92 Å². The molecule has 2 aromatic carbocycles. The molecule has 0 bridgehead atoms. The summed E-state index contributed by atoms with van der Waals surface area (Å²) in [6, 6.07) is 12.6. The fraction of sp³-hybridized carbons (Fsp3) is 0.364. The van der Waals surface area contributed by atoms with E-state index >= 15 is 0 Å². The standard InChI is InChI=1S/C22H26N2O8S/c1-16(32-21(25)15-31-19-8-6-18(29-2)7-9-19)22(26)23-17-4-3-5-20(14-17)33(27,28)24-10-12-30-13-11-24/h3-9,14,16H,10-13,15H2,1-2H3,(H,23,26)/t16-/m1/s1. The molecule has 0 spiro atoms. The molecule has 10 nitrogen and oxygen atoms in total. The number of nitrogens with zero attached hydrogens (tertiary/aromatic N) is 1. The van der Waals surface area contributed by atoms with Crippen molar-refractivity contribution < 1.29 is 37.0 Å². The van der Waals surface area contributed by atoms with E-state index in [1.54, 1.807) is 37.4 Å². The Labute approximate surface area is 192 Å². The predicted octanol–water partition coefficient (Wildman–Crippen LogP) is 1.67. The van der Waals surface area contributed by atoms with Gasteiger partial charge in [-0.05, 0) is 49.4 Å². The van der Waals surface area contributed by atoms with E-state index in [1.165, 1.54) is 29.4 Å². The third kappa shape index (κ3) is 6.67. The summed E-state index contributed by atoms with van der Waals surface area (Å²) in [7, 11) is -2.16. The molecule has 0 unspecified atom stereocenters. The largest absolute Gasteiger partial charge is 0.497 e. The Kier molecular flexibility index (Phi) is 8.26. The fourth-order valence-corrected chi connectivity index (χ4v) is 4.47. The lowest BCUT2D eigenvalue weighted by atomic mass is 10.3.